The largest absolute Gasteiger partial charge is 0.383 e. The summed E-state index contributed by atoms with van der Waals surface area (Å²) >= 11 is 0. The molecule has 1 atom stereocenters. The second-order valence-electron chi connectivity index (χ2n) is 5.70. The fourth-order valence-corrected chi connectivity index (χ4v) is 3.33. The van der Waals surface area contributed by atoms with Crippen molar-refractivity contribution in [2.45, 2.75) is 32.7 Å². The molecule has 0 aromatic rings. The van der Waals surface area contributed by atoms with Crippen LogP contribution in [0.1, 0.15) is 26.7 Å². The lowest BCUT2D eigenvalue weighted by molar-refractivity contribution is 0.203. The molecule has 24 heavy (non-hydrogen) atoms. The van der Waals surface area contributed by atoms with Crippen LogP contribution in [0.4, 0.5) is 0 Å². The number of hydrogen-bond acceptors (Lipinski definition) is 5. The quantitative estimate of drug-likeness (QED) is 0.209. The van der Waals surface area contributed by atoms with Gasteiger partial charge in [0.05, 0.1) is 18.9 Å². The van der Waals surface area contributed by atoms with Crippen molar-refractivity contribution in [1.82, 2.24) is 15.5 Å². The molecular formula is C15H33IN4O3S. The normalized spacial score (nSPS) is 19.1. The summed E-state index contributed by atoms with van der Waals surface area (Å²) < 4.78 is 28.2. The molecule has 0 aromatic carbocycles. The van der Waals surface area contributed by atoms with Crippen LogP contribution in [0.5, 0.6) is 0 Å². The smallest absolute Gasteiger partial charge is 0.191 e. The number of aliphatic imine (C=N–C) groups is 1. The van der Waals surface area contributed by atoms with Gasteiger partial charge in [0.15, 0.2) is 15.8 Å². The Morgan fingerprint density at radius 1 is 1.29 bits per heavy atom. The number of likely N-dealkylation sites (tertiary alicyclic amines) is 1. The van der Waals surface area contributed by atoms with Crippen LogP contribution in [0.2, 0.25) is 0 Å². The zero-order chi connectivity index (χ0) is 17.1. The van der Waals surface area contributed by atoms with Gasteiger partial charge in [-0.15, -0.1) is 24.0 Å². The highest BCUT2D eigenvalue weighted by molar-refractivity contribution is 14.0. The maximum atomic E-state index is 11.6. The average molecular weight is 476 g/mol. The molecular weight excluding hydrogens is 443 g/mol. The summed E-state index contributed by atoms with van der Waals surface area (Å²) in [6.07, 6.45) is 2.40. The summed E-state index contributed by atoms with van der Waals surface area (Å²) in [5.41, 5.74) is 0. The minimum atomic E-state index is -2.96. The number of methoxy groups -OCH3 is 1. The molecule has 0 saturated carbocycles. The Labute approximate surface area is 163 Å². The minimum absolute atomic E-state index is 0. The molecule has 1 rings (SSSR count). The Morgan fingerprint density at radius 2 is 2.00 bits per heavy atom. The number of halogens is 1. The Kier molecular flexibility index (Phi) is 13.1. The summed E-state index contributed by atoms with van der Waals surface area (Å²) in [6, 6.07) is 0.486. The molecule has 1 heterocycles. The van der Waals surface area contributed by atoms with Crippen molar-refractivity contribution in [2.24, 2.45) is 4.99 Å². The number of sulfone groups is 1. The minimum Gasteiger partial charge on any atom is -0.383 e. The van der Waals surface area contributed by atoms with Crippen molar-refractivity contribution in [3.05, 3.63) is 0 Å². The Bertz CT molecular complexity index is 460. The Morgan fingerprint density at radius 3 is 2.62 bits per heavy atom. The standard InChI is InChI=1S/C15H32N4O3S.HI/c1-4-19-10-6-7-14(19)13-18-15(16-8-11-22-3)17-9-12-23(20,21)5-2;/h14H,4-13H2,1-3H3,(H2,16,17,18);1H. The molecule has 0 aromatic heterocycles. The highest BCUT2D eigenvalue weighted by atomic mass is 127. The molecule has 9 heteroatoms. The molecule has 1 aliphatic rings. The van der Waals surface area contributed by atoms with Gasteiger partial charge in [0.1, 0.15) is 0 Å². The molecule has 2 N–H and O–H groups in total. The Hall–Kier alpha value is -0.130. The van der Waals surface area contributed by atoms with E-state index < -0.39 is 9.84 Å². The van der Waals surface area contributed by atoms with Crippen LogP contribution < -0.4 is 10.6 Å². The van der Waals surface area contributed by atoms with E-state index in [4.69, 9.17) is 4.74 Å². The van der Waals surface area contributed by atoms with E-state index >= 15 is 0 Å². The fraction of sp³-hybridized carbons (Fsp3) is 0.933. The van der Waals surface area contributed by atoms with E-state index in [9.17, 15) is 8.42 Å². The van der Waals surface area contributed by atoms with Gasteiger partial charge in [-0.05, 0) is 25.9 Å². The number of rotatable bonds is 10. The van der Waals surface area contributed by atoms with E-state index in [0.29, 0.717) is 31.7 Å². The van der Waals surface area contributed by atoms with Gasteiger partial charge in [0, 0.05) is 32.0 Å². The maximum absolute atomic E-state index is 11.6. The van der Waals surface area contributed by atoms with Gasteiger partial charge in [-0.1, -0.05) is 13.8 Å². The molecule has 1 unspecified atom stereocenters. The highest BCUT2D eigenvalue weighted by Gasteiger charge is 2.22. The Balaban J connectivity index is 0.00000529. The lowest BCUT2D eigenvalue weighted by atomic mass is 10.2. The zero-order valence-corrected chi connectivity index (χ0v) is 18.2. The predicted molar refractivity (Wildman–Crippen MR) is 110 cm³/mol. The van der Waals surface area contributed by atoms with Crippen molar-refractivity contribution in [1.29, 1.82) is 0 Å². The van der Waals surface area contributed by atoms with Gasteiger partial charge in [-0.2, -0.15) is 0 Å². The molecule has 1 aliphatic heterocycles. The number of guanidine groups is 1. The van der Waals surface area contributed by atoms with Gasteiger partial charge >= 0.3 is 0 Å². The molecule has 0 spiro atoms. The van der Waals surface area contributed by atoms with Gasteiger partial charge in [0.2, 0.25) is 0 Å². The van der Waals surface area contributed by atoms with Crippen molar-refractivity contribution in [3.63, 3.8) is 0 Å². The summed E-state index contributed by atoms with van der Waals surface area (Å²) in [5.74, 6) is 0.960. The third kappa shape index (κ3) is 9.38. The van der Waals surface area contributed by atoms with Crippen molar-refractivity contribution in [2.75, 3.05) is 57.9 Å². The van der Waals surface area contributed by atoms with Crippen LogP contribution in [0.3, 0.4) is 0 Å². The molecule has 0 radical (unpaired) electrons. The lowest BCUT2D eigenvalue weighted by Crippen LogP contribution is -2.42. The first kappa shape index (κ1) is 23.9. The average Bonchev–Trinajstić information content (AvgIpc) is 2.99. The third-order valence-corrected chi connectivity index (χ3v) is 5.82. The van der Waals surface area contributed by atoms with Gasteiger partial charge in [0.25, 0.3) is 0 Å². The predicted octanol–water partition coefficient (Wildman–Crippen LogP) is 0.705. The SMILES string of the molecule is CCN1CCCC1CN=C(NCCOC)NCCS(=O)(=O)CC.I. The van der Waals surface area contributed by atoms with Crippen LogP contribution in [0.15, 0.2) is 4.99 Å². The van der Waals surface area contributed by atoms with Crippen molar-refractivity contribution < 1.29 is 13.2 Å². The molecule has 0 bridgehead atoms. The van der Waals surface area contributed by atoms with Crippen molar-refractivity contribution >= 4 is 39.8 Å². The lowest BCUT2D eigenvalue weighted by Gasteiger charge is -2.21. The molecule has 144 valence electrons. The van der Waals surface area contributed by atoms with E-state index in [1.807, 2.05) is 0 Å². The van der Waals surface area contributed by atoms with Crippen LogP contribution in [-0.4, -0.2) is 83.3 Å². The van der Waals surface area contributed by atoms with Crippen LogP contribution >= 0.6 is 24.0 Å². The van der Waals surface area contributed by atoms with E-state index in [1.165, 1.54) is 12.8 Å². The van der Waals surface area contributed by atoms with Crippen molar-refractivity contribution in [3.8, 4) is 0 Å². The maximum Gasteiger partial charge on any atom is 0.191 e. The number of ether oxygens (including phenoxy) is 1. The first-order chi connectivity index (χ1) is 11.0. The van der Waals surface area contributed by atoms with E-state index in [2.05, 4.69) is 27.4 Å². The number of hydrogen-bond donors (Lipinski definition) is 2. The third-order valence-electron chi connectivity index (χ3n) is 4.11. The molecule has 0 aliphatic carbocycles. The zero-order valence-electron chi connectivity index (χ0n) is 15.1. The second-order valence-corrected chi connectivity index (χ2v) is 8.17. The second kappa shape index (κ2) is 13.1. The van der Waals surface area contributed by atoms with E-state index in [0.717, 1.165) is 19.6 Å². The fourth-order valence-electron chi connectivity index (χ4n) is 2.63. The van der Waals surface area contributed by atoms with E-state index in [-0.39, 0.29) is 35.5 Å². The number of likely N-dealkylation sites (N-methyl/N-ethyl adjacent to an activating group) is 1. The summed E-state index contributed by atoms with van der Waals surface area (Å²) in [6.45, 7) is 8.37. The van der Waals surface area contributed by atoms with Gasteiger partial charge in [-0.25, -0.2) is 8.42 Å². The topological polar surface area (TPSA) is 83.0 Å². The molecule has 1 saturated heterocycles. The van der Waals surface area contributed by atoms with Crippen LogP contribution in [0, 0.1) is 0 Å². The van der Waals surface area contributed by atoms with Crippen LogP contribution in [0.25, 0.3) is 0 Å². The highest BCUT2D eigenvalue weighted by Crippen LogP contribution is 2.16. The number of nitrogens with one attached hydrogen (secondary N) is 2. The molecule has 7 nitrogen and oxygen atoms in total. The summed E-state index contributed by atoms with van der Waals surface area (Å²) in [5, 5.41) is 6.29. The molecule has 1 fully saturated rings. The summed E-state index contributed by atoms with van der Waals surface area (Å²) in [7, 11) is -1.31. The van der Waals surface area contributed by atoms with E-state index in [1.54, 1.807) is 14.0 Å². The number of nitrogens with zero attached hydrogens (tertiary/aromatic N) is 2. The first-order valence-electron chi connectivity index (χ1n) is 8.48. The van der Waals surface area contributed by atoms with Gasteiger partial charge in [-0.3, -0.25) is 9.89 Å². The summed E-state index contributed by atoms with van der Waals surface area (Å²) in [4.78, 5) is 7.07. The first-order valence-corrected chi connectivity index (χ1v) is 10.3. The molecule has 0 amide bonds. The van der Waals surface area contributed by atoms with Gasteiger partial charge < -0.3 is 15.4 Å². The van der Waals surface area contributed by atoms with Crippen LogP contribution in [-0.2, 0) is 14.6 Å². The monoisotopic (exact) mass is 476 g/mol.